The van der Waals surface area contributed by atoms with Crippen LogP contribution in [0.1, 0.15) is 10.9 Å². The van der Waals surface area contributed by atoms with Crippen LogP contribution in [-0.2, 0) is 11.2 Å². The molecule has 0 unspecified atom stereocenters. The fourth-order valence-corrected chi connectivity index (χ4v) is 2.61. The number of hydrogen-bond acceptors (Lipinski definition) is 4. The fraction of sp³-hybridized carbons (Fsp3) is 0.364. The second-order valence-corrected chi connectivity index (χ2v) is 5.12. The Labute approximate surface area is 103 Å². The zero-order valence-electron chi connectivity index (χ0n) is 9.19. The van der Waals surface area contributed by atoms with Crippen LogP contribution in [-0.4, -0.2) is 38.9 Å². The molecule has 0 radical (unpaired) electrons. The van der Waals surface area contributed by atoms with Crippen molar-refractivity contribution in [1.29, 1.82) is 0 Å². The van der Waals surface area contributed by atoms with Crippen molar-refractivity contribution in [2.24, 2.45) is 0 Å². The molecule has 6 heteroatoms. The summed E-state index contributed by atoms with van der Waals surface area (Å²) in [5.74, 6) is 0.198. The Morgan fingerprint density at radius 2 is 2.41 bits per heavy atom. The molecule has 1 amide bonds. The largest absolute Gasteiger partial charge is 0.338 e. The number of aromatic nitrogens is 3. The van der Waals surface area contributed by atoms with E-state index < -0.39 is 0 Å². The highest BCUT2D eigenvalue weighted by molar-refractivity contribution is 7.10. The minimum absolute atomic E-state index is 0.198. The Bertz CT molecular complexity index is 488. The van der Waals surface area contributed by atoms with Crippen molar-refractivity contribution in [2.75, 3.05) is 13.1 Å². The molecule has 3 rings (SSSR count). The van der Waals surface area contributed by atoms with Gasteiger partial charge in [0, 0.05) is 24.2 Å². The molecule has 0 N–H and O–H groups in total. The minimum atomic E-state index is 0.198. The Morgan fingerprint density at radius 1 is 1.53 bits per heavy atom. The van der Waals surface area contributed by atoms with Crippen LogP contribution in [0.15, 0.2) is 29.9 Å². The monoisotopic (exact) mass is 248 g/mol. The van der Waals surface area contributed by atoms with E-state index in [9.17, 15) is 4.79 Å². The van der Waals surface area contributed by atoms with E-state index in [2.05, 4.69) is 10.3 Å². The summed E-state index contributed by atoms with van der Waals surface area (Å²) in [4.78, 5) is 14.9. The molecule has 0 saturated carbocycles. The molecule has 1 aliphatic rings. The van der Waals surface area contributed by atoms with Crippen LogP contribution in [0.25, 0.3) is 0 Å². The lowest BCUT2D eigenvalue weighted by atomic mass is 10.1. The van der Waals surface area contributed by atoms with Gasteiger partial charge in [-0.2, -0.15) is 0 Å². The van der Waals surface area contributed by atoms with E-state index in [4.69, 9.17) is 0 Å². The lowest BCUT2D eigenvalue weighted by molar-refractivity contribution is -0.136. The van der Waals surface area contributed by atoms with Gasteiger partial charge in [0.2, 0.25) is 5.91 Å². The van der Waals surface area contributed by atoms with E-state index in [1.165, 1.54) is 0 Å². The van der Waals surface area contributed by atoms with Crippen molar-refractivity contribution in [3.63, 3.8) is 0 Å². The summed E-state index contributed by atoms with van der Waals surface area (Å²) in [7, 11) is 0. The Kier molecular flexibility index (Phi) is 2.64. The molecule has 17 heavy (non-hydrogen) atoms. The standard InChI is InChI=1S/C11H12N4OS/c16-11(6-10-2-1-5-17-10)14-7-9(8-14)15-4-3-12-13-15/h1-5,9H,6-8H2. The van der Waals surface area contributed by atoms with E-state index >= 15 is 0 Å². The summed E-state index contributed by atoms with van der Waals surface area (Å²) in [5.41, 5.74) is 0. The first-order valence-electron chi connectivity index (χ1n) is 5.49. The normalized spacial score (nSPS) is 15.9. The summed E-state index contributed by atoms with van der Waals surface area (Å²) < 4.78 is 1.81. The third-order valence-corrected chi connectivity index (χ3v) is 3.81. The SMILES string of the molecule is O=C(Cc1cccs1)N1CC(n2ccnn2)C1. The molecule has 1 aliphatic heterocycles. The van der Waals surface area contributed by atoms with E-state index in [1.807, 2.05) is 33.3 Å². The topological polar surface area (TPSA) is 51.0 Å². The maximum Gasteiger partial charge on any atom is 0.227 e. The van der Waals surface area contributed by atoms with Crippen molar-refractivity contribution in [1.82, 2.24) is 19.9 Å². The highest BCUT2D eigenvalue weighted by atomic mass is 32.1. The molecular formula is C11H12N4OS. The Morgan fingerprint density at radius 3 is 3.06 bits per heavy atom. The Balaban J connectivity index is 1.54. The van der Waals surface area contributed by atoms with Crippen molar-refractivity contribution < 1.29 is 4.79 Å². The Hall–Kier alpha value is -1.69. The summed E-state index contributed by atoms with van der Waals surface area (Å²) in [5, 5.41) is 9.70. The van der Waals surface area contributed by atoms with Gasteiger partial charge < -0.3 is 4.90 Å². The van der Waals surface area contributed by atoms with Gasteiger partial charge in [-0.15, -0.1) is 16.4 Å². The first kappa shape index (κ1) is 10.5. The van der Waals surface area contributed by atoms with Gasteiger partial charge in [-0.1, -0.05) is 11.3 Å². The third kappa shape index (κ3) is 2.08. The van der Waals surface area contributed by atoms with Crippen LogP contribution in [0.5, 0.6) is 0 Å². The molecule has 3 heterocycles. The van der Waals surface area contributed by atoms with Crippen molar-refractivity contribution in [3.8, 4) is 0 Å². The molecule has 0 atom stereocenters. The maximum atomic E-state index is 11.9. The minimum Gasteiger partial charge on any atom is -0.338 e. The fourth-order valence-electron chi connectivity index (χ4n) is 1.91. The first-order valence-corrected chi connectivity index (χ1v) is 6.37. The second kappa shape index (κ2) is 4.29. The van der Waals surface area contributed by atoms with E-state index in [0.29, 0.717) is 12.5 Å². The molecule has 0 aliphatic carbocycles. The first-order chi connectivity index (χ1) is 8.33. The molecular weight excluding hydrogens is 236 g/mol. The summed E-state index contributed by atoms with van der Waals surface area (Å²) in [6.07, 6.45) is 4.02. The highest BCUT2D eigenvalue weighted by Gasteiger charge is 2.32. The molecule has 0 bridgehead atoms. The highest BCUT2D eigenvalue weighted by Crippen LogP contribution is 2.21. The van der Waals surface area contributed by atoms with E-state index in [0.717, 1.165) is 18.0 Å². The van der Waals surface area contributed by atoms with Gasteiger partial charge in [0.15, 0.2) is 0 Å². The zero-order valence-corrected chi connectivity index (χ0v) is 10.0. The predicted octanol–water partition coefficient (Wildman–Crippen LogP) is 0.966. The quantitative estimate of drug-likeness (QED) is 0.813. The lowest BCUT2D eigenvalue weighted by Gasteiger charge is -2.38. The summed E-state index contributed by atoms with van der Waals surface area (Å²) in [6.45, 7) is 1.49. The third-order valence-electron chi connectivity index (χ3n) is 2.94. The van der Waals surface area contributed by atoms with Crippen LogP contribution in [0.3, 0.4) is 0 Å². The van der Waals surface area contributed by atoms with Gasteiger partial charge in [-0.05, 0) is 11.4 Å². The average Bonchev–Trinajstić information content (AvgIpc) is 2.87. The molecule has 88 valence electrons. The molecule has 1 fully saturated rings. The summed E-state index contributed by atoms with van der Waals surface area (Å²) in [6, 6.07) is 4.27. The number of thiophene rings is 1. The molecule has 5 nitrogen and oxygen atoms in total. The average molecular weight is 248 g/mol. The number of carbonyl (C=O) groups excluding carboxylic acids is 1. The van der Waals surface area contributed by atoms with Crippen LogP contribution in [0, 0.1) is 0 Å². The number of carbonyl (C=O) groups is 1. The molecule has 2 aromatic heterocycles. The lowest BCUT2D eigenvalue weighted by Crippen LogP contribution is -2.51. The summed E-state index contributed by atoms with van der Waals surface area (Å²) >= 11 is 1.63. The maximum absolute atomic E-state index is 11.9. The smallest absolute Gasteiger partial charge is 0.227 e. The van der Waals surface area contributed by atoms with E-state index in [1.54, 1.807) is 17.5 Å². The van der Waals surface area contributed by atoms with Gasteiger partial charge in [-0.25, -0.2) is 4.68 Å². The molecule has 0 aromatic carbocycles. The number of nitrogens with zero attached hydrogens (tertiary/aromatic N) is 4. The van der Waals surface area contributed by atoms with Gasteiger partial charge in [-0.3, -0.25) is 4.79 Å². The van der Waals surface area contributed by atoms with Crippen LogP contribution in [0.2, 0.25) is 0 Å². The number of amides is 1. The van der Waals surface area contributed by atoms with Crippen LogP contribution < -0.4 is 0 Å². The number of rotatable bonds is 3. The van der Waals surface area contributed by atoms with Crippen LogP contribution in [0.4, 0.5) is 0 Å². The van der Waals surface area contributed by atoms with E-state index in [-0.39, 0.29) is 5.91 Å². The molecule has 2 aromatic rings. The van der Waals surface area contributed by atoms with Crippen molar-refractivity contribution in [2.45, 2.75) is 12.5 Å². The van der Waals surface area contributed by atoms with Crippen molar-refractivity contribution in [3.05, 3.63) is 34.8 Å². The van der Waals surface area contributed by atoms with Crippen molar-refractivity contribution >= 4 is 17.2 Å². The van der Waals surface area contributed by atoms with Gasteiger partial charge >= 0.3 is 0 Å². The second-order valence-electron chi connectivity index (χ2n) is 4.09. The van der Waals surface area contributed by atoms with Gasteiger partial charge in [0.1, 0.15) is 0 Å². The van der Waals surface area contributed by atoms with Crippen LogP contribution >= 0.6 is 11.3 Å². The number of likely N-dealkylation sites (tertiary alicyclic amines) is 1. The molecule has 0 spiro atoms. The zero-order chi connectivity index (χ0) is 11.7. The predicted molar refractivity (Wildman–Crippen MR) is 63.7 cm³/mol. The molecule has 1 saturated heterocycles. The van der Waals surface area contributed by atoms with Gasteiger partial charge in [0.25, 0.3) is 0 Å². The van der Waals surface area contributed by atoms with Gasteiger partial charge in [0.05, 0.1) is 18.7 Å². The number of hydrogen-bond donors (Lipinski definition) is 0.